The lowest BCUT2D eigenvalue weighted by molar-refractivity contribution is -0.135. The molecule has 0 spiro atoms. The van der Waals surface area contributed by atoms with Gasteiger partial charge in [-0.15, -0.1) is 0 Å². The number of piperazine rings is 1. The summed E-state index contributed by atoms with van der Waals surface area (Å²) in [5.41, 5.74) is 8.88. The Labute approximate surface area is 170 Å². The Hall–Kier alpha value is -2.86. The third-order valence-corrected chi connectivity index (χ3v) is 6.11. The zero-order valence-corrected chi connectivity index (χ0v) is 16.5. The molecule has 152 valence electrons. The number of hydrogen-bond acceptors (Lipinski definition) is 4. The van der Waals surface area contributed by atoms with E-state index in [-0.39, 0.29) is 11.8 Å². The fourth-order valence-electron chi connectivity index (χ4n) is 4.47. The quantitative estimate of drug-likeness (QED) is 0.834. The summed E-state index contributed by atoms with van der Waals surface area (Å²) in [7, 11) is 0. The van der Waals surface area contributed by atoms with Gasteiger partial charge in [0.05, 0.1) is 5.92 Å². The third kappa shape index (κ3) is 4.12. The highest BCUT2D eigenvalue weighted by Crippen LogP contribution is 2.37. The first-order chi connectivity index (χ1) is 14.0. The minimum Gasteiger partial charge on any atom is -0.508 e. The van der Waals surface area contributed by atoms with Crippen molar-refractivity contribution in [2.75, 3.05) is 26.2 Å². The molecular formula is C23H27N3O3. The number of carbonyl (C=O) groups excluding carboxylic acids is 2. The van der Waals surface area contributed by atoms with E-state index in [0.717, 1.165) is 55.6 Å². The van der Waals surface area contributed by atoms with Crippen molar-refractivity contribution >= 4 is 11.8 Å². The van der Waals surface area contributed by atoms with Gasteiger partial charge in [0.2, 0.25) is 11.8 Å². The first-order valence-electron chi connectivity index (χ1n) is 10.2. The van der Waals surface area contributed by atoms with Gasteiger partial charge in [-0.25, -0.2) is 0 Å². The minimum absolute atomic E-state index is 0.140. The van der Waals surface area contributed by atoms with Gasteiger partial charge in [-0.05, 0) is 54.2 Å². The van der Waals surface area contributed by atoms with Gasteiger partial charge < -0.3 is 15.7 Å². The van der Waals surface area contributed by atoms with Gasteiger partial charge in [0.25, 0.3) is 0 Å². The summed E-state index contributed by atoms with van der Waals surface area (Å²) in [6.07, 6.45) is 2.62. The van der Waals surface area contributed by atoms with Crippen LogP contribution in [0.1, 0.15) is 45.8 Å². The molecule has 1 saturated heterocycles. The number of primary amides is 1. The molecule has 0 saturated carbocycles. The van der Waals surface area contributed by atoms with Gasteiger partial charge in [-0.1, -0.05) is 24.3 Å². The number of rotatable bonds is 4. The molecule has 1 atom stereocenters. The highest BCUT2D eigenvalue weighted by molar-refractivity contribution is 5.92. The van der Waals surface area contributed by atoms with E-state index in [4.69, 9.17) is 5.73 Å². The predicted molar refractivity (Wildman–Crippen MR) is 111 cm³/mol. The smallest absolute Gasteiger partial charge is 0.248 e. The van der Waals surface area contributed by atoms with Crippen LogP contribution in [0.4, 0.5) is 0 Å². The molecule has 6 nitrogen and oxygen atoms in total. The molecule has 1 unspecified atom stereocenters. The summed E-state index contributed by atoms with van der Waals surface area (Å²) in [5, 5.41) is 10.1. The second-order valence-electron chi connectivity index (χ2n) is 7.95. The zero-order valence-electron chi connectivity index (χ0n) is 16.5. The molecule has 1 aliphatic heterocycles. The summed E-state index contributed by atoms with van der Waals surface area (Å²) < 4.78 is 0. The molecule has 1 fully saturated rings. The van der Waals surface area contributed by atoms with E-state index in [0.29, 0.717) is 24.4 Å². The Morgan fingerprint density at radius 1 is 1.03 bits per heavy atom. The molecule has 1 heterocycles. The summed E-state index contributed by atoms with van der Waals surface area (Å²) in [4.78, 5) is 28.7. The Kier molecular flexibility index (Phi) is 5.53. The monoisotopic (exact) mass is 393 g/mol. The lowest BCUT2D eigenvalue weighted by Gasteiger charge is -2.37. The molecule has 3 N–H and O–H groups in total. The standard InChI is InChI=1S/C23H27N3O3/c24-22(28)17-9-7-16(8-10-17)15-25-11-13-26(14-12-25)23(29)20-5-1-4-19-18(20)3-2-6-21(19)27/h2-3,6-10,20,27H,1,4-5,11-15H2,(H2,24,28). The van der Waals surface area contributed by atoms with Crippen LogP contribution in [-0.2, 0) is 17.8 Å². The average Bonchev–Trinajstić information content (AvgIpc) is 2.74. The lowest BCUT2D eigenvalue weighted by atomic mass is 9.81. The number of fused-ring (bicyclic) bond motifs is 1. The highest BCUT2D eigenvalue weighted by Gasteiger charge is 2.32. The van der Waals surface area contributed by atoms with E-state index in [1.54, 1.807) is 18.2 Å². The minimum atomic E-state index is -0.415. The number of aromatic hydroxyl groups is 1. The Bertz CT molecular complexity index is 902. The van der Waals surface area contributed by atoms with Crippen LogP contribution in [0, 0.1) is 0 Å². The Morgan fingerprint density at radius 3 is 2.45 bits per heavy atom. The van der Waals surface area contributed by atoms with E-state index in [9.17, 15) is 14.7 Å². The fourth-order valence-corrected chi connectivity index (χ4v) is 4.47. The molecule has 0 aromatic heterocycles. The van der Waals surface area contributed by atoms with Gasteiger partial charge in [0.15, 0.2) is 0 Å². The van der Waals surface area contributed by atoms with E-state index >= 15 is 0 Å². The van der Waals surface area contributed by atoms with Crippen molar-refractivity contribution < 1.29 is 14.7 Å². The summed E-state index contributed by atoms with van der Waals surface area (Å²) in [5.74, 6) is -0.0609. The van der Waals surface area contributed by atoms with Crippen LogP contribution in [0.15, 0.2) is 42.5 Å². The average molecular weight is 393 g/mol. The number of amides is 2. The molecule has 0 bridgehead atoms. The van der Waals surface area contributed by atoms with Crippen LogP contribution in [0.5, 0.6) is 5.75 Å². The molecule has 2 aliphatic rings. The van der Waals surface area contributed by atoms with Crippen molar-refractivity contribution in [3.63, 3.8) is 0 Å². The SMILES string of the molecule is NC(=O)c1ccc(CN2CCN(C(=O)C3CCCc4c(O)cccc43)CC2)cc1. The van der Waals surface area contributed by atoms with Crippen LogP contribution < -0.4 is 5.73 Å². The largest absolute Gasteiger partial charge is 0.508 e. The second-order valence-corrected chi connectivity index (χ2v) is 7.95. The van der Waals surface area contributed by atoms with Crippen LogP contribution >= 0.6 is 0 Å². The zero-order chi connectivity index (χ0) is 20.4. The van der Waals surface area contributed by atoms with Crippen molar-refractivity contribution in [2.45, 2.75) is 31.7 Å². The van der Waals surface area contributed by atoms with Crippen molar-refractivity contribution in [3.8, 4) is 5.75 Å². The first-order valence-corrected chi connectivity index (χ1v) is 10.2. The van der Waals surface area contributed by atoms with E-state index in [1.807, 2.05) is 29.2 Å². The molecule has 1 aliphatic carbocycles. The van der Waals surface area contributed by atoms with Gasteiger partial charge >= 0.3 is 0 Å². The predicted octanol–water partition coefficient (Wildman–Crippen LogP) is 2.26. The molecule has 2 amide bonds. The maximum Gasteiger partial charge on any atom is 0.248 e. The molecule has 0 radical (unpaired) electrons. The number of phenolic OH excluding ortho intramolecular Hbond substituents is 1. The highest BCUT2D eigenvalue weighted by atomic mass is 16.3. The number of nitrogens with zero attached hydrogens (tertiary/aromatic N) is 2. The van der Waals surface area contributed by atoms with Crippen LogP contribution in [0.3, 0.4) is 0 Å². The van der Waals surface area contributed by atoms with Crippen LogP contribution in [0.2, 0.25) is 0 Å². The van der Waals surface area contributed by atoms with Crippen LogP contribution in [-0.4, -0.2) is 52.9 Å². The molecule has 2 aromatic rings. The molecular weight excluding hydrogens is 366 g/mol. The van der Waals surface area contributed by atoms with E-state index in [2.05, 4.69) is 4.90 Å². The van der Waals surface area contributed by atoms with Crippen molar-refractivity contribution in [1.82, 2.24) is 9.80 Å². The third-order valence-electron chi connectivity index (χ3n) is 6.11. The fraction of sp³-hybridized carbons (Fsp3) is 0.391. The summed E-state index contributed by atoms with van der Waals surface area (Å²) in [6.45, 7) is 3.86. The first kappa shape index (κ1) is 19.5. The molecule has 2 aromatic carbocycles. The van der Waals surface area contributed by atoms with Crippen molar-refractivity contribution in [1.29, 1.82) is 0 Å². The van der Waals surface area contributed by atoms with Gasteiger partial charge in [-0.3, -0.25) is 14.5 Å². The topological polar surface area (TPSA) is 86.9 Å². The maximum absolute atomic E-state index is 13.2. The molecule has 6 heteroatoms. The number of nitrogens with two attached hydrogens (primary N) is 1. The second kappa shape index (κ2) is 8.25. The summed E-state index contributed by atoms with van der Waals surface area (Å²) >= 11 is 0. The number of carbonyl (C=O) groups is 2. The normalized spacial score (nSPS) is 19.6. The van der Waals surface area contributed by atoms with Gasteiger partial charge in [0.1, 0.15) is 5.75 Å². The molecule has 29 heavy (non-hydrogen) atoms. The van der Waals surface area contributed by atoms with Crippen molar-refractivity contribution in [2.24, 2.45) is 5.73 Å². The van der Waals surface area contributed by atoms with E-state index in [1.165, 1.54) is 0 Å². The van der Waals surface area contributed by atoms with Gasteiger partial charge in [-0.2, -0.15) is 0 Å². The van der Waals surface area contributed by atoms with Gasteiger partial charge in [0, 0.05) is 38.3 Å². The van der Waals surface area contributed by atoms with E-state index < -0.39 is 5.91 Å². The number of hydrogen-bond donors (Lipinski definition) is 2. The van der Waals surface area contributed by atoms with Crippen LogP contribution in [0.25, 0.3) is 0 Å². The number of phenols is 1. The maximum atomic E-state index is 13.2. The lowest BCUT2D eigenvalue weighted by Crippen LogP contribution is -2.49. The molecule has 4 rings (SSSR count). The van der Waals surface area contributed by atoms with Crippen molar-refractivity contribution in [3.05, 3.63) is 64.7 Å². The number of benzene rings is 2. The Balaban J connectivity index is 1.36. The Morgan fingerprint density at radius 2 is 1.76 bits per heavy atom. The summed E-state index contributed by atoms with van der Waals surface area (Å²) in [6, 6.07) is 12.9.